The molecule has 4 rings (SSSR count). The molecule has 3 aliphatic rings. The molecule has 3 saturated heterocycles. The molecule has 3 aliphatic heterocycles. The summed E-state index contributed by atoms with van der Waals surface area (Å²) in [5, 5.41) is 0. The van der Waals surface area contributed by atoms with E-state index in [9.17, 15) is 14.4 Å². The van der Waals surface area contributed by atoms with Gasteiger partial charge in [0, 0.05) is 38.6 Å². The van der Waals surface area contributed by atoms with Crippen molar-refractivity contribution >= 4 is 17.8 Å². The summed E-state index contributed by atoms with van der Waals surface area (Å²) < 4.78 is 0. The van der Waals surface area contributed by atoms with Gasteiger partial charge in [0.25, 0.3) is 11.8 Å². The van der Waals surface area contributed by atoms with Gasteiger partial charge in [-0.3, -0.25) is 19.5 Å². The normalized spacial score (nSPS) is 25.0. The van der Waals surface area contributed by atoms with E-state index >= 15 is 0 Å². The van der Waals surface area contributed by atoms with E-state index in [4.69, 9.17) is 0 Å². The Morgan fingerprint density at radius 3 is 2.68 bits per heavy atom. The highest BCUT2D eigenvalue weighted by molar-refractivity contribution is 6.04. The molecule has 132 valence electrons. The first-order valence-corrected chi connectivity index (χ1v) is 8.86. The molecule has 25 heavy (non-hydrogen) atoms. The summed E-state index contributed by atoms with van der Waals surface area (Å²) in [6, 6.07) is 3.10. The number of nitrogens with zero attached hydrogens (tertiary/aromatic N) is 4. The third-order valence-electron chi connectivity index (χ3n) is 5.87. The van der Waals surface area contributed by atoms with Crippen molar-refractivity contribution in [1.29, 1.82) is 0 Å². The first-order valence-electron chi connectivity index (χ1n) is 8.86. The number of aromatic nitrogens is 1. The summed E-state index contributed by atoms with van der Waals surface area (Å²) in [5.41, 5.74) is 0.580. The molecule has 4 amide bonds. The number of rotatable bonds is 2. The number of pyridine rings is 1. The molecule has 7 heteroatoms. The number of hydrogen-bond donors (Lipinski definition) is 0. The van der Waals surface area contributed by atoms with Crippen molar-refractivity contribution in [2.24, 2.45) is 5.41 Å². The molecule has 1 aromatic heterocycles. The standard InChI is InChI=1S/C18H22N4O3/c1-2-21-16(24)14-10-18(12-22(14)17(21)25)5-8-20(9-6-18)15(23)13-4-3-7-19-11-13/h3-4,7,11,14H,2,5-6,8-10,12H2,1H3. The van der Waals surface area contributed by atoms with Gasteiger partial charge in [-0.2, -0.15) is 0 Å². The van der Waals surface area contributed by atoms with Gasteiger partial charge in [-0.05, 0) is 43.7 Å². The van der Waals surface area contributed by atoms with E-state index < -0.39 is 0 Å². The smallest absolute Gasteiger partial charge is 0.327 e. The second kappa shape index (κ2) is 5.82. The Kier molecular flexibility index (Phi) is 3.74. The van der Waals surface area contributed by atoms with Crippen LogP contribution in [0.1, 0.15) is 36.5 Å². The van der Waals surface area contributed by atoms with Crippen LogP contribution in [0.4, 0.5) is 4.79 Å². The number of piperidine rings is 1. The average molecular weight is 342 g/mol. The minimum atomic E-state index is -0.298. The van der Waals surface area contributed by atoms with Crippen molar-refractivity contribution in [3.8, 4) is 0 Å². The fraction of sp³-hybridized carbons (Fsp3) is 0.556. The number of amides is 4. The van der Waals surface area contributed by atoms with Crippen LogP contribution in [0.25, 0.3) is 0 Å². The quantitative estimate of drug-likeness (QED) is 0.761. The van der Waals surface area contributed by atoms with Crippen molar-refractivity contribution in [2.75, 3.05) is 26.2 Å². The lowest BCUT2D eigenvalue weighted by molar-refractivity contribution is -0.128. The van der Waals surface area contributed by atoms with Crippen LogP contribution in [-0.2, 0) is 4.79 Å². The molecule has 0 N–H and O–H groups in total. The maximum absolute atomic E-state index is 12.5. The fourth-order valence-electron chi connectivity index (χ4n) is 4.42. The number of hydrogen-bond acceptors (Lipinski definition) is 4. The lowest BCUT2D eigenvalue weighted by Gasteiger charge is -2.39. The predicted molar refractivity (Wildman–Crippen MR) is 89.7 cm³/mol. The summed E-state index contributed by atoms with van der Waals surface area (Å²) in [6.07, 6.45) is 5.64. The second-order valence-corrected chi connectivity index (χ2v) is 7.25. The molecule has 0 aromatic carbocycles. The third kappa shape index (κ3) is 2.49. The zero-order valence-electron chi connectivity index (χ0n) is 14.4. The predicted octanol–water partition coefficient (Wildman–Crippen LogP) is 1.36. The molecule has 3 fully saturated rings. The molecular formula is C18H22N4O3. The van der Waals surface area contributed by atoms with Gasteiger partial charge < -0.3 is 9.80 Å². The molecule has 1 unspecified atom stereocenters. The van der Waals surface area contributed by atoms with Crippen LogP contribution in [0.2, 0.25) is 0 Å². The van der Waals surface area contributed by atoms with Crippen molar-refractivity contribution in [3.05, 3.63) is 30.1 Å². The summed E-state index contributed by atoms with van der Waals surface area (Å²) in [4.78, 5) is 46.3. The third-order valence-corrected chi connectivity index (χ3v) is 5.87. The van der Waals surface area contributed by atoms with Gasteiger partial charge in [0.1, 0.15) is 6.04 Å². The number of likely N-dealkylation sites (N-methyl/N-ethyl adjacent to an activating group) is 1. The van der Waals surface area contributed by atoms with E-state index in [2.05, 4.69) is 4.98 Å². The molecule has 4 heterocycles. The van der Waals surface area contributed by atoms with Crippen LogP contribution in [0.3, 0.4) is 0 Å². The monoisotopic (exact) mass is 342 g/mol. The zero-order valence-corrected chi connectivity index (χ0v) is 14.4. The zero-order chi connectivity index (χ0) is 17.6. The van der Waals surface area contributed by atoms with Crippen molar-refractivity contribution in [2.45, 2.75) is 32.2 Å². The van der Waals surface area contributed by atoms with Crippen LogP contribution in [0.5, 0.6) is 0 Å². The van der Waals surface area contributed by atoms with E-state index in [0.29, 0.717) is 31.7 Å². The lowest BCUT2D eigenvalue weighted by Crippen LogP contribution is -2.45. The molecule has 1 atom stereocenters. The highest BCUT2D eigenvalue weighted by atomic mass is 16.2. The summed E-state index contributed by atoms with van der Waals surface area (Å²) in [5.74, 6) is -0.0519. The van der Waals surface area contributed by atoms with E-state index in [1.807, 2.05) is 11.8 Å². The number of imide groups is 1. The number of urea groups is 1. The molecule has 1 aromatic rings. The van der Waals surface area contributed by atoms with Crippen molar-refractivity contribution < 1.29 is 14.4 Å². The first kappa shape index (κ1) is 16.1. The van der Waals surface area contributed by atoms with Gasteiger partial charge in [0.2, 0.25) is 0 Å². The van der Waals surface area contributed by atoms with E-state index in [-0.39, 0.29) is 29.3 Å². The van der Waals surface area contributed by atoms with Gasteiger partial charge in [0.15, 0.2) is 0 Å². The van der Waals surface area contributed by atoms with Crippen LogP contribution in [-0.4, -0.2) is 69.8 Å². The van der Waals surface area contributed by atoms with E-state index in [1.54, 1.807) is 29.4 Å². The van der Waals surface area contributed by atoms with E-state index in [0.717, 1.165) is 19.3 Å². The Bertz CT molecular complexity index is 686. The Labute approximate surface area is 146 Å². The maximum Gasteiger partial charge on any atom is 0.327 e. The van der Waals surface area contributed by atoms with Gasteiger partial charge in [0.05, 0.1) is 5.56 Å². The molecule has 0 saturated carbocycles. The number of fused-ring (bicyclic) bond motifs is 1. The SMILES string of the molecule is CCN1C(=O)C2CC3(CCN(C(=O)c4cccnc4)CC3)CN2C1=O. The summed E-state index contributed by atoms with van der Waals surface area (Å²) in [7, 11) is 0. The van der Waals surface area contributed by atoms with Gasteiger partial charge in [-0.25, -0.2) is 4.79 Å². The Balaban J connectivity index is 1.42. The number of carbonyl (C=O) groups excluding carboxylic acids is 3. The highest BCUT2D eigenvalue weighted by Gasteiger charge is 2.56. The first-order chi connectivity index (χ1) is 12.0. The van der Waals surface area contributed by atoms with Crippen LogP contribution in [0, 0.1) is 5.41 Å². The van der Waals surface area contributed by atoms with Crippen LogP contribution >= 0.6 is 0 Å². The van der Waals surface area contributed by atoms with Crippen molar-refractivity contribution in [3.63, 3.8) is 0 Å². The molecule has 0 radical (unpaired) electrons. The Morgan fingerprint density at radius 2 is 2.08 bits per heavy atom. The van der Waals surface area contributed by atoms with Crippen molar-refractivity contribution in [1.82, 2.24) is 19.7 Å². The molecule has 0 bridgehead atoms. The molecule has 0 aliphatic carbocycles. The minimum absolute atomic E-state index is 0.00533. The Morgan fingerprint density at radius 1 is 1.32 bits per heavy atom. The number of likely N-dealkylation sites (tertiary alicyclic amines) is 1. The molecular weight excluding hydrogens is 320 g/mol. The molecule has 7 nitrogen and oxygen atoms in total. The lowest BCUT2D eigenvalue weighted by atomic mass is 9.76. The van der Waals surface area contributed by atoms with Gasteiger partial charge in [-0.1, -0.05) is 0 Å². The van der Waals surface area contributed by atoms with Crippen LogP contribution < -0.4 is 0 Å². The molecule has 1 spiro atoms. The summed E-state index contributed by atoms with van der Waals surface area (Å²) in [6.45, 7) is 4.22. The minimum Gasteiger partial charge on any atom is -0.339 e. The van der Waals surface area contributed by atoms with E-state index in [1.165, 1.54) is 4.90 Å². The Hall–Kier alpha value is -2.44. The highest BCUT2D eigenvalue weighted by Crippen LogP contribution is 2.46. The van der Waals surface area contributed by atoms with Gasteiger partial charge >= 0.3 is 6.03 Å². The fourth-order valence-corrected chi connectivity index (χ4v) is 4.42. The number of carbonyl (C=O) groups is 3. The van der Waals surface area contributed by atoms with Gasteiger partial charge in [-0.15, -0.1) is 0 Å². The maximum atomic E-state index is 12.5. The topological polar surface area (TPSA) is 73.8 Å². The second-order valence-electron chi connectivity index (χ2n) is 7.25. The van der Waals surface area contributed by atoms with Crippen LogP contribution in [0.15, 0.2) is 24.5 Å². The largest absolute Gasteiger partial charge is 0.339 e. The summed E-state index contributed by atoms with van der Waals surface area (Å²) >= 11 is 0. The average Bonchev–Trinajstić information content (AvgIpc) is 3.11.